The number of hydrogen-bond acceptors (Lipinski definition) is 2. The summed E-state index contributed by atoms with van der Waals surface area (Å²) in [5, 5.41) is 8.58. The number of thiocarbonyl (C=S) groups is 1. The molecule has 2 aromatic carbocycles. The molecule has 0 fully saturated rings. The average Bonchev–Trinajstić information content (AvgIpc) is 2.54. The Kier molecular flexibility index (Phi) is 7.34. The minimum absolute atomic E-state index is 0.206. The highest BCUT2D eigenvalue weighted by molar-refractivity contribution is 9.10. The fourth-order valence-corrected chi connectivity index (χ4v) is 2.83. The van der Waals surface area contributed by atoms with Gasteiger partial charge in [-0.25, -0.2) is 0 Å². The standard InChI is InChI=1S/C16H13BrCl3N3OS/c17-11-6-4-5-10(9-11)13(24)22-14(16(18,19)20)23-15(25)21-12-7-2-1-3-8-12/h1-9,14H,(H,22,24)(H2,21,23,25). The van der Waals surface area contributed by atoms with Crippen LogP contribution in [0.5, 0.6) is 0 Å². The third-order valence-corrected chi connectivity index (χ3v) is 4.36. The number of benzene rings is 2. The fraction of sp³-hybridized carbons (Fsp3) is 0.125. The van der Waals surface area contributed by atoms with E-state index in [0.717, 1.165) is 10.2 Å². The number of rotatable bonds is 4. The van der Waals surface area contributed by atoms with Crippen molar-refractivity contribution in [2.75, 3.05) is 5.32 Å². The molecular formula is C16H13BrCl3N3OS. The molecule has 0 spiro atoms. The van der Waals surface area contributed by atoms with Crippen molar-refractivity contribution < 1.29 is 4.79 Å². The maximum absolute atomic E-state index is 12.4. The van der Waals surface area contributed by atoms with E-state index in [1.807, 2.05) is 30.3 Å². The van der Waals surface area contributed by atoms with Gasteiger partial charge < -0.3 is 16.0 Å². The molecule has 1 amide bonds. The lowest BCUT2D eigenvalue weighted by Gasteiger charge is -2.27. The number of para-hydroxylation sites is 1. The van der Waals surface area contributed by atoms with E-state index in [9.17, 15) is 4.79 Å². The van der Waals surface area contributed by atoms with Gasteiger partial charge in [-0.2, -0.15) is 0 Å². The normalized spacial score (nSPS) is 12.2. The molecule has 0 heterocycles. The van der Waals surface area contributed by atoms with Crippen LogP contribution in [0.1, 0.15) is 10.4 Å². The molecule has 0 bridgehead atoms. The maximum Gasteiger partial charge on any atom is 0.253 e. The van der Waals surface area contributed by atoms with Crippen LogP contribution in [0.4, 0.5) is 5.69 Å². The molecule has 4 nitrogen and oxygen atoms in total. The van der Waals surface area contributed by atoms with E-state index in [4.69, 9.17) is 47.0 Å². The zero-order valence-electron chi connectivity index (χ0n) is 12.6. The van der Waals surface area contributed by atoms with E-state index in [2.05, 4.69) is 31.9 Å². The quantitative estimate of drug-likeness (QED) is 0.332. The number of halogens is 4. The first-order valence-electron chi connectivity index (χ1n) is 7.01. The number of carbonyl (C=O) groups excluding carboxylic acids is 1. The molecular weight excluding hydrogens is 469 g/mol. The van der Waals surface area contributed by atoms with Crippen molar-refractivity contribution in [2.45, 2.75) is 9.96 Å². The first-order chi connectivity index (χ1) is 11.8. The zero-order chi connectivity index (χ0) is 18.4. The highest BCUT2D eigenvalue weighted by Crippen LogP contribution is 2.29. The van der Waals surface area contributed by atoms with Gasteiger partial charge in [-0.15, -0.1) is 0 Å². The number of anilines is 1. The predicted molar refractivity (Wildman–Crippen MR) is 111 cm³/mol. The summed E-state index contributed by atoms with van der Waals surface area (Å²) in [6.45, 7) is 0. The Morgan fingerprint density at radius 2 is 1.72 bits per heavy atom. The minimum atomic E-state index is -1.82. The van der Waals surface area contributed by atoms with Crippen LogP contribution in [0.3, 0.4) is 0 Å². The molecule has 1 unspecified atom stereocenters. The molecule has 2 aromatic rings. The van der Waals surface area contributed by atoms with Gasteiger partial charge in [0, 0.05) is 15.7 Å². The Hall–Kier alpha value is -1.05. The molecule has 0 aromatic heterocycles. The van der Waals surface area contributed by atoms with Gasteiger partial charge in [-0.05, 0) is 42.5 Å². The van der Waals surface area contributed by atoms with Gasteiger partial charge in [-0.3, -0.25) is 4.79 Å². The van der Waals surface area contributed by atoms with E-state index in [1.54, 1.807) is 24.3 Å². The van der Waals surface area contributed by atoms with Crippen LogP contribution in [-0.4, -0.2) is 21.0 Å². The Labute approximate surface area is 174 Å². The van der Waals surface area contributed by atoms with Crippen LogP contribution in [0, 0.1) is 0 Å². The Morgan fingerprint density at radius 1 is 1.04 bits per heavy atom. The fourth-order valence-electron chi connectivity index (χ4n) is 1.86. The Balaban J connectivity index is 2.06. The van der Waals surface area contributed by atoms with Crippen LogP contribution in [0.25, 0.3) is 0 Å². The lowest BCUT2D eigenvalue weighted by Crippen LogP contribution is -2.56. The van der Waals surface area contributed by atoms with Crippen molar-refractivity contribution in [2.24, 2.45) is 0 Å². The summed E-state index contributed by atoms with van der Waals surface area (Å²) >= 11 is 26.4. The van der Waals surface area contributed by atoms with Crippen LogP contribution >= 0.6 is 63.0 Å². The van der Waals surface area contributed by atoms with Gasteiger partial charge in [0.15, 0.2) is 5.11 Å². The van der Waals surface area contributed by atoms with Crippen LogP contribution in [0.2, 0.25) is 0 Å². The summed E-state index contributed by atoms with van der Waals surface area (Å²) in [7, 11) is 0. The molecule has 0 aliphatic carbocycles. The van der Waals surface area contributed by atoms with Gasteiger partial charge in [0.1, 0.15) is 6.17 Å². The number of alkyl halides is 3. The highest BCUT2D eigenvalue weighted by Gasteiger charge is 2.34. The average molecular weight is 482 g/mol. The van der Waals surface area contributed by atoms with E-state index >= 15 is 0 Å². The summed E-state index contributed by atoms with van der Waals surface area (Å²) in [4.78, 5) is 12.4. The molecule has 0 aliphatic heterocycles. The van der Waals surface area contributed by atoms with Crippen molar-refractivity contribution in [3.63, 3.8) is 0 Å². The lowest BCUT2D eigenvalue weighted by atomic mass is 10.2. The van der Waals surface area contributed by atoms with Crippen molar-refractivity contribution >= 4 is 79.7 Å². The molecule has 2 rings (SSSR count). The lowest BCUT2D eigenvalue weighted by molar-refractivity contribution is 0.0934. The second kappa shape index (κ2) is 9.05. The van der Waals surface area contributed by atoms with E-state index in [0.29, 0.717) is 5.56 Å². The Bertz CT molecular complexity index is 756. The third kappa shape index (κ3) is 6.64. The second-order valence-corrected chi connectivity index (χ2v) is 8.62. The van der Waals surface area contributed by atoms with Crippen molar-refractivity contribution in [3.8, 4) is 0 Å². The number of amides is 1. The predicted octanol–water partition coefficient (Wildman–Crippen LogP) is 4.86. The molecule has 3 N–H and O–H groups in total. The molecule has 0 saturated carbocycles. The van der Waals surface area contributed by atoms with Crippen molar-refractivity contribution in [1.82, 2.24) is 10.6 Å². The van der Waals surface area contributed by atoms with Gasteiger partial charge in [0.05, 0.1) is 0 Å². The van der Waals surface area contributed by atoms with E-state index in [1.165, 1.54) is 0 Å². The van der Waals surface area contributed by atoms with Gasteiger partial charge in [0.2, 0.25) is 3.79 Å². The second-order valence-electron chi connectivity index (χ2n) is 4.92. The number of carbonyl (C=O) groups is 1. The molecule has 0 saturated heterocycles. The Morgan fingerprint density at radius 3 is 2.32 bits per heavy atom. The molecule has 132 valence electrons. The molecule has 0 aliphatic rings. The third-order valence-electron chi connectivity index (χ3n) is 3.00. The van der Waals surface area contributed by atoms with E-state index < -0.39 is 15.9 Å². The maximum atomic E-state index is 12.4. The zero-order valence-corrected chi connectivity index (χ0v) is 17.3. The summed E-state index contributed by atoms with van der Waals surface area (Å²) in [5.41, 5.74) is 1.18. The topological polar surface area (TPSA) is 53.2 Å². The SMILES string of the molecule is O=C(NC(NC(=S)Nc1ccccc1)C(Cl)(Cl)Cl)c1cccc(Br)c1. The molecule has 1 atom stereocenters. The van der Waals surface area contributed by atoms with Crippen LogP contribution in [0.15, 0.2) is 59.1 Å². The van der Waals surface area contributed by atoms with Crippen molar-refractivity contribution in [3.05, 3.63) is 64.6 Å². The summed E-state index contributed by atoms with van der Waals surface area (Å²) in [6, 6.07) is 16.1. The molecule has 0 radical (unpaired) electrons. The smallest absolute Gasteiger partial charge is 0.253 e. The van der Waals surface area contributed by atoms with Crippen molar-refractivity contribution in [1.29, 1.82) is 0 Å². The van der Waals surface area contributed by atoms with Crippen LogP contribution < -0.4 is 16.0 Å². The number of nitrogens with one attached hydrogen (secondary N) is 3. The highest BCUT2D eigenvalue weighted by atomic mass is 79.9. The summed E-state index contributed by atoms with van der Waals surface area (Å²) in [6.07, 6.45) is -1.03. The van der Waals surface area contributed by atoms with Gasteiger partial charge in [-0.1, -0.05) is 75.0 Å². The monoisotopic (exact) mass is 479 g/mol. The van der Waals surface area contributed by atoms with E-state index in [-0.39, 0.29) is 5.11 Å². The first kappa shape index (κ1) is 20.3. The molecule has 25 heavy (non-hydrogen) atoms. The van der Waals surface area contributed by atoms with Gasteiger partial charge in [0.25, 0.3) is 5.91 Å². The minimum Gasteiger partial charge on any atom is -0.339 e. The summed E-state index contributed by atoms with van der Waals surface area (Å²) in [5.74, 6) is -0.410. The largest absolute Gasteiger partial charge is 0.339 e. The van der Waals surface area contributed by atoms with Crippen LogP contribution in [-0.2, 0) is 0 Å². The number of hydrogen-bond donors (Lipinski definition) is 3. The molecule has 9 heteroatoms. The summed E-state index contributed by atoms with van der Waals surface area (Å²) < 4.78 is -1.05. The first-order valence-corrected chi connectivity index (χ1v) is 9.35. The van der Waals surface area contributed by atoms with Gasteiger partial charge >= 0.3 is 0 Å².